The van der Waals surface area contributed by atoms with Crippen molar-refractivity contribution in [2.45, 2.75) is 13.3 Å². The molecular weight excluding hydrogens is 226 g/mol. The van der Waals surface area contributed by atoms with Gasteiger partial charge in [-0.1, -0.05) is 18.5 Å². The van der Waals surface area contributed by atoms with Crippen LogP contribution in [-0.4, -0.2) is 11.1 Å². The topological polar surface area (TPSA) is 37.3 Å². The fraction of sp³-hybridized carbons (Fsp3) is 0.300. The Hall–Kier alpha value is -1.16. The summed E-state index contributed by atoms with van der Waals surface area (Å²) in [6.07, 6.45) is -0.190. The van der Waals surface area contributed by atoms with E-state index < -0.39 is 23.5 Å². The van der Waals surface area contributed by atoms with Crippen molar-refractivity contribution in [3.63, 3.8) is 0 Å². The van der Waals surface area contributed by atoms with Crippen LogP contribution < -0.4 is 0 Å². The Bertz CT molecular complexity index is 370. The molecule has 15 heavy (non-hydrogen) atoms. The maximum atomic E-state index is 13.2. The van der Waals surface area contributed by atoms with Crippen LogP contribution in [0.2, 0.25) is 5.02 Å². The first-order chi connectivity index (χ1) is 6.91. The highest BCUT2D eigenvalue weighted by atomic mass is 35.5. The molecule has 0 aliphatic heterocycles. The average Bonchev–Trinajstić information content (AvgIpc) is 2.10. The summed E-state index contributed by atoms with van der Waals surface area (Å²) < 4.78 is 26.4. The molecule has 0 saturated carbocycles. The summed E-state index contributed by atoms with van der Waals surface area (Å²) in [6.45, 7) is 1.38. The third kappa shape index (κ3) is 2.89. The van der Waals surface area contributed by atoms with E-state index in [9.17, 15) is 13.6 Å². The molecule has 1 aromatic carbocycles. The number of benzene rings is 1. The Morgan fingerprint density at radius 2 is 1.93 bits per heavy atom. The molecule has 0 aliphatic rings. The number of halogens is 3. The van der Waals surface area contributed by atoms with Gasteiger partial charge in [-0.2, -0.15) is 0 Å². The van der Waals surface area contributed by atoms with E-state index >= 15 is 0 Å². The number of carbonyl (C=O) groups is 1. The first-order valence-corrected chi connectivity index (χ1v) is 4.66. The van der Waals surface area contributed by atoms with Gasteiger partial charge in [-0.25, -0.2) is 8.78 Å². The first-order valence-electron chi connectivity index (χ1n) is 4.28. The molecule has 0 fully saturated rings. The van der Waals surface area contributed by atoms with Gasteiger partial charge in [0.25, 0.3) is 0 Å². The fourth-order valence-electron chi connectivity index (χ4n) is 1.16. The van der Waals surface area contributed by atoms with Crippen LogP contribution in [-0.2, 0) is 11.2 Å². The Morgan fingerprint density at radius 3 is 2.33 bits per heavy atom. The van der Waals surface area contributed by atoms with Crippen LogP contribution in [0.25, 0.3) is 0 Å². The Morgan fingerprint density at radius 1 is 1.47 bits per heavy atom. The smallest absolute Gasteiger partial charge is 0.306 e. The minimum Gasteiger partial charge on any atom is -0.481 e. The van der Waals surface area contributed by atoms with E-state index in [1.54, 1.807) is 0 Å². The number of hydrogen-bond donors (Lipinski definition) is 1. The molecule has 0 bridgehead atoms. The summed E-state index contributed by atoms with van der Waals surface area (Å²) in [4.78, 5) is 10.5. The van der Waals surface area contributed by atoms with Crippen LogP contribution in [0, 0.1) is 17.6 Å². The molecule has 0 saturated heterocycles. The molecule has 82 valence electrons. The van der Waals surface area contributed by atoms with Crippen molar-refractivity contribution in [1.82, 2.24) is 0 Å². The highest BCUT2D eigenvalue weighted by Gasteiger charge is 2.18. The van der Waals surface area contributed by atoms with Crippen LogP contribution in [0.3, 0.4) is 0 Å². The number of rotatable bonds is 3. The normalized spacial score (nSPS) is 12.5. The van der Waals surface area contributed by atoms with Crippen molar-refractivity contribution in [3.05, 3.63) is 34.4 Å². The zero-order valence-corrected chi connectivity index (χ0v) is 8.68. The van der Waals surface area contributed by atoms with Gasteiger partial charge >= 0.3 is 5.97 Å². The number of aliphatic carboxylic acids is 1. The predicted molar refractivity (Wildman–Crippen MR) is 51.9 cm³/mol. The molecule has 5 heteroatoms. The van der Waals surface area contributed by atoms with Gasteiger partial charge in [-0.3, -0.25) is 4.79 Å². The molecule has 0 heterocycles. The molecule has 0 amide bonds. The summed E-state index contributed by atoms with van der Waals surface area (Å²) in [6, 6.07) is 1.93. The Labute approximate surface area is 90.5 Å². The second-order valence-electron chi connectivity index (χ2n) is 3.29. The zero-order valence-electron chi connectivity index (χ0n) is 7.93. The lowest BCUT2D eigenvalue weighted by atomic mass is 10.0. The van der Waals surface area contributed by atoms with Crippen LogP contribution in [0.5, 0.6) is 0 Å². The van der Waals surface area contributed by atoms with Gasteiger partial charge in [0.05, 0.1) is 5.92 Å². The van der Waals surface area contributed by atoms with E-state index in [2.05, 4.69) is 0 Å². The average molecular weight is 235 g/mol. The van der Waals surface area contributed by atoms with Crippen molar-refractivity contribution in [2.24, 2.45) is 5.92 Å². The number of carboxylic acid groups (broad SMARTS) is 1. The van der Waals surface area contributed by atoms with Crippen molar-refractivity contribution in [1.29, 1.82) is 0 Å². The molecule has 0 aromatic heterocycles. The number of carboxylic acids is 1. The zero-order chi connectivity index (χ0) is 11.6. The minimum atomic E-state index is -1.09. The van der Waals surface area contributed by atoms with Gasteiger partial charge in [0.15, 0.2) is 0 Å². The lowest BCUT2D eigenvalue weighted by Gasteiger charge is -2.08. The quantitative estimate of drug-likeness (QED) is 0.873. The SMILES string of the molecule is CC(Cc1c(F)cc(Cl)cc1F)C(=O)O. The van der Waals surface area contributed by atoms with Gasteiger partial charge in [-0.05, 0) is 18.6 Å². The van der Waals surface area contributed by atoms with Crippen LogP contribution in [0.4, 0.5) is 8.78 Å². The highest BCUT2D eigenvalue weighted by Crippen LogP contribution is 2.21. The Balaban J connectivity index is 3.00. The largest absolute Gasteiger partial charge is 0.481 e. The number of hydrogen-bond acceptors (Lipinski definition) is 1. The lowest BCUT2D eigenvalue weighted by Crippen LogP contribution is -2.14. The van der Waals surface area contributed by atoms with Crippen molar-refractivity contribution < 1.29 is 18.7 Å². The van der Waals surface area contributed by atoms with Crippen molar-refractivity contribution >= 4 is 17.6 Å². The molecular formula is C10H9ClF2O2. The van der Waals surface area contributed by atoms with Gasteiger partial charge in [0.2, 0.25) is 0 Å². The minimum absolute atomic E-state index is 0.0447. The summed E-state index contributed by atoms with van der Waals surface area (Å²) in [7, 11) is 0. The predicted octanol–water partition coefficient (Wildman–Crippen LogP) is 2.88. The Kier molecular flexibility index (Phi) is 3.63. The first kappa shape index (κ1) is 11.9. The molecule has 0 aliphatic carbocycles. The van der Waals surface area contributed by atoms with Gasteiger partial charge in [0.1, 0.15) is 11.6 Å². The standard InChI is InChI=1S/C10H9ClF2O2/c1-5(10(14)15)2-7-8(12)3-6(11)4-9(7)13/h3-5H,2H2,1H3,(H,14,15). The summed E-state index contributed by atoms with van der Waals surface area (Å²) in [5.41, 5.74) is -0.241. The van der Waals surface area contributed by atoms with E-state index in [1.807, 2.05) is 0 Å². The van der Waals surface area contributed by atoms with E-state index in [0.29, 0.717) is 0 Å². The third-order valence-corrected chi connectivity index (χ3v) is 2.26. The fourth-order valence-corrected chi connectivity index (χ4v) is 1.35. The van der Waals surface area contributed by atoms with E-state index in [1.165, 1.54) is 6.92 Å². The van der Waals surface area contributed by atoms with Crippen molar-refractivity contribution in [3.8, 4) is 0 Å². The molecule has 2 nitrogen and oxygen atoms in total. The summed E-state index contributed by atoms with van der Waals surface area (Å²) in [5, 5.41) is 8.56. The van der Waals surface area contributed by atoms with Crippen LogP contribution in [0.1, 0.15) is 12.5 Å². The lowest BCUT2D eigenvalue weighted by molar-refractivity contribution is -0.141. The molecule has 0 radical (unpaired) electrons. The molecule has 1 rings (SSSR count). The maximum absolute atomic E-state index is 13.2. The van der Waals surface area contributed by atoms with Gasteiger partial charge < -0.3 is 5.11 Å². The van der Waals surface area contributed by atoms with Crippen LogP contribution in [0.15, 0.2) is 12.1 Å². The van der Waals surface area contributed by atoms with E-state index in [4.69, 9.17) is 16.7 Å². The maximum Gasteiger partial charge on any atom is 0.306 e. The monoisotopic (exact) mass is 234 g/mol. The molecule has 0 spiro atoms. The third-order valence-electron chi connectivity index (χ3n) is 2.04. The molecule has 1 unspecified atom stereocenters. The van der Waals surface area contributed by atoms with Gasteiger partial charge in [-0.15, -0.1) is 0 Å². The molecule has 1 N–H and O–H groups in total. The van der Waals surface area contributed by atoms with Crippen LogP contribution >= 0.6 is 11.6 Å². The molecule has 1 atom stereocenters. The van der Waals surface area contributed by atoms with Crippen molar-refractivity contribution in [2.75, 3.05) is 0 Å². The second-order valence-corrected chi connectivity index (χ2v) is 3.73. The second kappa shape index (κ2) is 4.57. The van der Waals surface area contributed by atoms with E-state index in [-0.39, 0.29) is 17.0 Å². The van der Waals surface area contributed by atoms with Gasteiger partial charge in [0, 0.05) is 10.6 Å². The highest BCUT2D eigenvalue weighted by molar-refractivity contribution is 6.30. The summed E-state index contributed by atoms with van der Waals surface area (Å²) >= 11 is 5.42. The molecule has 1 aromatic rings. The summed E-state index contributed by atoms with van der Waals surface area (Å²) in [5.74, 6) is -3.56. The van der Waals surface area contributed by atoms with E-state index in [0.717, 1.165) is 12.1 Å².